The Labute approximate surface area is 196 Å². The fourth-order valence-corrected chi connectivity index (χ4v) is 4.24. The summed E-state index contributed by atoms with van der Waals surface area (Å²) in [5.74, 6) is 0.362. The van der Waals surface area contributed by atoms with E-state index in [-0.39, 0.29) is 31.1 Å². The molecule has 4 N–H and O–H groups in total. The van der Waals surface area contributed by atoms with Gasteiger partial charge in [0.1, 0.15) is 0 Å². The molecule has 0 bridgehead atoms. The highest BCUT2D eigenvalue weighted by Gasteiger charge is 2.37. The Morgan fingerprint density at radius 2 is 1.00 bits per heavy atom. The number of aliphatic hydroxyl groups excluding tert-OH is 4. The first kappa shape index (κ1) is 30.5. The van der Waals surface area contributed by atoms with Gasteiger partial charge in [0, 0.05) is 30.1 Å². The molecule has 0 amide bonds. The fraction of sp³-hybridized carbons (Fsp3) is 0.643. The van der Waals surface area contributed by atoms with Gasteiger partial charge in [-0.2, -0.15) is 0 Å². The normalized spacial score (nSPS) is 37.2. The van der Waals surface area contributed by atoms with E-state index >= 15 is 0 Å². The first-order valence-corrected chi connectivity index (χ1v) is 11.4. The zero-order valence-electron chi connectivity index (χ0n) is 20.6. The van der Waals surface area contributed by atoms with Gasteiger partial charge in [-0.05, 0) is 33.3 Å². The van der Waals surface area contributed by atoms with E-state index < -0.39 is 24.4 Å². The highest BCUT2D eigenvalue weighted by molar-refractivity contribution is 5.31. The van der Waals surface area contributed by atoms with Gasteiger partial charge in [0.25, 0.3) is 0 Å². The monoisotopic (exact) mass is 448 g/mol. The van der Waals surface area contributed by atoms with Gasteiger partial charge in [-0.15, -0.1) is 0 Å². The Kier molecular flexibility index (Phi) is 12.7. The van der Waals surface area contributed by atoms with Crippen molar-refractivity contribution >= 4 is 0 Å². The van der Waals surface area contributed by atoms with Gasteiger partial charge in [0.05, 0.1) is 24.4 Å². The quantitative estimate of drug-likeness (QED) is 0.429. The largest absolute Gasteiger partial charge is 0.392 e. The Morgan fingerprint density at radius 3 is 1.31 bits per heavy atom. The molecular weight excluding hydrogens is 400 g/mol. The standard InChI is InChI=1S/C14H22O2.C13H22O2.CH4/c1-8(2)6-7-12-9(3)13(15)11(5)14(16)10(12)4;1-8(2)5-6-11-9(3)12(14)7-13(15)10(11)4;/h6-7,9-10,13-16H,5H2,1-4H3;5-6,9-10,12-15H,7H2,1-4H3;1H4/t9-,10+,13-,14-;9-,10+,12-,13-;/m10./s1. The number of hydrogen-bond donors (Lipinski definition) is 4. The molecule has 2 rings (SSSR count). The third-order valence-corrected chi connectivity index (χ3v) is 6.67. The number of hydrogen-bond acceptors (Lipinski definition) is 4. The van der Waals surface area contributed by atoms with Crippen molar-refractivity contribution in [2.45, 2.75) is 93.7 Å². The minimum atomic E-state index is -0.636. The van der Waals surface area contributed by atoms with Gasteiger partial charge in [0.15, 0.2) is 0 Å². The van der Waals surface area contributed by atoms with Gasteiger partial charge < -0.3 is 20.4 Å². The lowest BCUT2D eigenvalue weighted by molar-refractivity contribution is 0.00780. The van der Waals surface area contributed by atoms with Crippen LogP contribution in [-0.4, -0.2) is 44.8 Å². The van der Waals surface area contributed by atoms with E-state index in [0.717, 1.165) is 11.1 Å². The summed E-state index contributed by atoms with van der Waals surface area (Å²) in [7, 11) is 0. The molecule has 4 nitrogen and oxygen atoms in total. The fourth-order valence-electron chi connectivity index (χ4n) is 4.24. The first-order chi connectivity index (χ1) is 14.3. The van der Waals surface area contributed by atoms with Gasteiger partial charge in [-0.3, -0.25) is 0 Å². The Morgan fingerprint density at radius 1 is 0.688 bits per heavy atom. The minimum Gasteiger partial charge on any atom is -0.392 e. The predicted octanol–water partition coefficient (Wildman–Crippen LogP) is 5.36. The van der Waals surface area contributed by atoms with E-state index in [0.29, 0.717) is 12.0 Å². The van der Waals surface area contributed by atoms with Crippen LogP contribution in [0.2, 0.25) is 0 Å². The highest BCUT2D eigenvalue weighted by Crippen LogP contribution is 2.37. The lowest BCUT2D eigenvalue weighted by Gasteiger charge is -2.38. The summed E-state index contributed by atoms with van der Waals surface area (Å²) in [5.41, 5.74) is 5.22. The van der Waals surface area contributed by atoms with Crippen molar-refractivity contribution in [1.82, 2.24) is 0 Å². The molecule has 0 aromatic carbocycles. The van der Waals surface area contributed by atoms with Crippen LogP contribution in [0.25, 0.3) is 0 Å². The number of aliphatic hydroxyl groups is 4. The van der Waals surface area contributed by atoms with Crippen LogP contribution >= 0.6 is 0 Å². The van der Waals surface area contributed by atoms with Crippen LogP contribution in [0, 0.1) is 23.7 Å². The predicted molar refractivity (Wildman–Crippen MR) is 136 cm³/mol. The molecule has 0 heterocycles. The van der Waals surface area contributed by atoms with Gasteiger partial charge in [0.2, 0.25) is 0 Å². The van der Waals surface area contributed by atoms with E-state index in [1.807, 2.05) is 73.6 Å². The molecule has 0 spiro atoms. The third kappa shape index (κ3) is 7.84. The summed E-state index contributed by atoms with van der Waals surface area (Å²) in [6, 6.07) is 0. The van der Waals surface area contributed by atoms with E-state index in [1.165, 1.54) is 11.1 Å². The van der Waals surface area contributed by atoms with Crippen molar-refractivity contribution in [1.29, 1.82) is 0 Å². The zero-order chi connectivity index (χ0) is 24.0. The molecule has 0 aromatic heterocycles. The molecule has 0 saturated heterocycles. The summed E-state index contributed by atoms with van der Waals surface area (Å²) >= 11 is 0. The molecule has 0 radical (unpaired) electrons. The van der Waals surface area contributed by atoms with Crippen LogP contribution in [0.15, 0.2) is 58.7 Å². The molecule has 32 heavy (non-hydrogen) atoms. The van der Waals surface area contributed by atoms with Crippen molar-refractivity contribution < 1.29 is 20.4 Å². The van der Waals surface area contributed by atoms with Crippen LogP contribution < -0.4 is 0 Å². The Hall–Kier alpha value is -1.46. The second-order valence-corrected chi connectivity index (χ2v) is 9.81. The topological polar surface area (TPSA) is 80.9 Å². The Bertz CT molecular complexity index is 699. The van der Waals surface area contributed by atoms with Crippen molar-refractivity contribution in [3.8, 4) is 0 Å². The molecule has 2 aliphatic carbocycles. The minimum absolute atomic E-state index is 0. The number of allylic oxidation sites excluding steroid dienone is 6. The van der Waals surface area contributed by atoms with E-state index in [4.69, 9.17) is 0 Å². The average Bonchev–Trinajstić information content (AvgIpc) is 2.69. The lowest BCUT2D eigenvalue weighted by Crippen LogP contribution is -2.40. The smallest absolute Gasteiger partial charge is 0.0835 e. The second-order valence-electron chi connectivity index (χ2n) is 9.81. The van der Waals surface area contributed by atoms with Gasteiger partial charge >= 0.3 is 0 Å². The Balaban J connectivity index is 0.000000584. The molecule has 0 aliphatic heterocycles. The second kappa shape index (κ2) is 13.3. The zero-order valence-corrected chi connectivity index (χ0v) is 20.6. The van der Waals surface area contributed by atoms with E-state index in [2.05, 4.69) is 12.7 Å². The molecule has 2 fully saturated rings. The SMILES string of the molecule is C.C=C1[C@H](O)[C@H](C)C(=CC=C(C)C)[C@H](C)[C@H]1O.CC(C)=CC=C1[C@@H](C)[C@@H](O)C[C@H](O)[C@H]1C. The molecule has 184 valence electrons. The average molecular weight is 449 g/mol. The van der Waals surface area contributed by atoms with Crippen molar-refractivity contribution in [3.05, 3.63) is 58.7 Å². The first-order valence-electron chi connectivity index (χ1n) is 11.4. The highest BCUT2D eigenvalue weighted by atomic mass is 16.3. The molecule has 2 aliphatic rings. The summed E-state index contributed by atoms with van der Waals surface area (Å²) in [6.45, 7) is 19.9. The summed E-state index contributed by atoms with van der Waals surface area (Å²) in [4.78, 5) is 0. The molecule has 8 atom stereocenters. The van der Waals surface area contributed by atoms with Crippen molar-refractivity contribution in [2.24, 2.45) is 23.7 Å². The summed E-state index contributed by atoms with van der Waals surface area (Å²) in [6.07, 6.45) is 6.55. The van der Waals surface area contributed by atoms with E-state index in [9.17, 15) is 20.4 Å². The molecule has 0 aromatic rings. The van der Waals surface area contributed by atoms with Crippen molar-refractivity contribution in [2.75, 3.05) is 0 Å². The van der Waals surface area contributed by atoms with Crippen molar-refractivity contribution in [3.63, 3.8) is 0 Å². The van der Waals surface area contributed by atoms with E-state index in [1.54, 1.807) is 0 Å². The summed E-state index contributed by atoms with van der Waals surface area (Å²) < 4.78 is 0. The van der Waals surface area contributed by atoms with Gasteiger partial charge in [-0.1, -0.05) is 88.3 Å². The molecule has 4 heteroatoms. The maximum Gasteiger partial charge on any atom is 0.0835 e. The van der Waals surface area contributed by atoms with Crippen LogP contribution in [0.5, 0.6) is 0 Å². The maximum absolute atomic E-state index is 9.95. The number of rotatable bonds is 2. The molecule has 2 saturated carbocycles. The van der Waals surface area contributed by atoms with Gasteiger partial charge in [-0.25, -0.2) is 0 Å². The van der Waals surface area contributed by atoms with Crippen LogP contribution in [-0.2, 0) is 0 Å². The summed E-state index contributed by atoms with van der Waals surface area (Å²) in [5, 5.41) is 39.5. The third-order valence-electron chi connectivity index (χ3n) is 6.67. The lowest BCUT2D eigenvalue weighted by atomic mass is 9.72. The van der Waals surface area contributed by atoms with Crippen LogP contribution in [0.4, 0.5) is 0 Å². The maximum atomic E-state index is 9.95. The van der Waals surface area contributed by atoms with Crippen LogP contribution in [0.3, 0.4) is 0 Å². The van der Waals surface area contributed by atoms with Crippen LogP contribution in [0.1, 0.15) is 69.2 Å². The molecular formula is C28H48O4. The molecule has 0 unspecified atom stereocenters.